The van der Waals surface area contributed by atoms with Gasteiger partial charge in [0.05, 0.1) is 5.60 Å². The molecule has 2 rings (SSSR count). The van der Waals surface area contributed by atoms with Gasteiger partial charge in [-0.15, -0.1) is 0 Å². The zero-order chi connectivity index (χ0) is 12.8. The molecule has 0 aliphatic heterocycles. The minimum absolute atomic E-state index is 0.107. The summed E-state index contributed by atoms with van der Waals surface area (Å²) in [6.45, 7) is 8.09. The van der Waals surface area contributed by atoms with Crippen LogP contribution in [0.1, 0.15) is 47.0 Å². The lowest BCUT2D eigenvalue weighted by molar-refractivity contribution is -0.124. The fourth-order valence-electron chi connectivity index (χ4n) is 3.61. The van der Waals surface area contributed by atoms with Crippen LogP contribution >= 0.6 is 0 Å². The number of allylic oxidation sites excluding steroid dienone is 2. The van der Waals surface area contributed by atoms with Crippen LogP contribution in [0, 0.1) is 23.2 Å². The third-order valence-corrected chi connectivity index (χ3v) is 5.10. The van der Waals surface area contributed by atoms with Gasteiger partial charge in [0.1, 0.15) is 0 Å². The monoisotopic (exact) mass is 236 g/mol. The third kappa shape index (κ3) is 2.20. The Labute approximate surface area is 104 Å². The first-order valence-corrected chi connectivity index (χ1v) is 6.69. The number of ketones is 1. The lowest BCUT2D eigenvalue weighted by Gasteiger charge is -2.49. The van der Waals surface area contributed by atoms with Crippen molar-refractivity contribution in [2.45, 2.75) is 52.6 Å². The highest BCUT2D eigenvalue weighted by Crippen LogP contribution is 2.52. The van der Waals surface area contributed by atoms with E-state index in [1.165, 1.54) is 0 Å². The molecule has 2 heteroatoms. The average Bonchev–Trinajstić information content (AvgIpc) is 2.22. The maximum absolute atomic E-state index is 11.8. The van der Waals surface area contributed by atoms with Gasteiger partial charge in [-0.1, -0.05) is 19.9 Å². The van der Waals surface area contributed by atoms with Crippen molar-refractivity contribution in [3.05, 3.63) is 12.2 Å². The second-order valence-electron chi connectivity index (χ2n) is 6.76. The maximum Gasteiger partial charge on any atom is 0.158 e. The van der Waals surface area contributed by atoms with E-state index in [0.717, 1.165) is 19.3 Å². The molecular formula is C15H24O2. The van der Waals surface area contributed by atoms with E-state index in [1.54, 1.807) is 6.08 Å². The summed E-state index contributed by atoms with van der Waals surface area (Å²) in [5, 5.41) is 10.2. The summed E-state index contributed by atoms with van der Waals surface area (Å²) in [6, 6.07) is 0. The number of hydrogen-bond acceptors (Lipinski definition) is 2. The molecule has 0 unspecified atom stereocenters. The lowest BCUT2D eigenvalue weighted by Crippen LogP contribution is -2.46. The van der Waals surface area contributed by atoms with Crippen molar-refractivity contribution in [2.24, 2.45) is 23.2 Å². The topological polar surface area (TPSA) is 37.3 Å². The number of carbonyl (C=O) groups excluding carboxylic acids is 1. The van der Waals surface area contributed by atoms with Crippen LogP contribution in [0.4, 0.5) is 0 Å². The normalized spacial score (nSPS) is 42.4. The van der Waals surface area contributed by atoms with E-state index in [4.69, 9.17) is 0 Å². The number of carbonyl (C=O) groups is 1. The smallest absolute Gasteiger partial charge is 0.158 e. The van der Waals surface area contributed by atoms with Crippen LogP contribution in [0.2, 0.25) is 0 Å². The van der Waals surface area contributed by atoms with Gasteiger partial charge in [-0.25, -0.2) is 0 Å². The van der Waals surface area contributed by atoms with Crippen LogP contribution < -0.4 is 0 Å². The number of rotatable bonds is 1. The summed E-state index contributed by atoms with van der Waals surface area (Å²) in [7, 11) is 0. The Kier molecular flexibility index (Phi) is 2.97. The van der Waals surface area contributed by atoms with Crippen LogP contribution in [0.15, 0.2) is 12.2 Å². The standard InChI is InChI=1S/C15H24O2/c1-10-12-9-11(14(2,3)17)5-7-15(12,4)8-6-13(10)16/h6,8,10-12,17H,5,7,9H2,1-4H3/t10-,11-,12+,15-/m1/s1. The lowest BCUT2D eigenvalue weighted by atomic mass is 9.56. The predicted molar refractivity (Wildman–Crippen MR) is 68.5 cm³/mol. The molecule has 0 spiro atoms. The zero-order valence-electron chi connectivity index (χ0n) is 11.4. The molecule has 0 aromatic carbocycles. The molecule has 0 bridgehead atoms. The maximum atomic E-state index is 11.8. The van der Waals surface area contributed by atoms with E-state index >= 15 is 0 Å². The SMILES string of the molecule is C[C@H]1C(=O)C=C[C@@]2(C)CC[C@@H](C(C)(C)O)C[C@@H]12. The van der Waals surface area contributed by atoms with E-state index in [2.05, 4.69) is 13.0 Å². The molecular weight excluding hydrogens is 212 g/mol. The fraction of sp³-hybridized carbons (Fsp3) is 0.800. The van der Waals surface area contributed by atoms with Gasteiger partial charge >= 0.3 is 0 Å². The average molecular weight is 236 g/mol. The van der Waals surface area contributed by atoms with E-state index in [0.29, 0.717) is 11.8 Å². The van der Waals surface area contributed by atoms with Crippen LogP contribution in [-0.4, -0.2) is 16.5 Å². The quantitative estimate of drug-likeness (QED) is 0.760. The van der Waals surface area contributed by atoms with E-state index in [9.17, 15) is 9.90 Å². The molecule has 0 saturated heterocycles. The highest BCUT2D eigenvalue weighted by Gasteiger charge is 2.47. The highest BCUT2D eigenvalue weighted by molar-refractivity contribution is 5.92. The van der Waals surface area contributed by atoms with E-state index in [1.807, 2.05) is 20.8 Å². The number of aliphatic hydroxyl groups is 1. The molecule has 2 aliphatic carbocycles. The van der Waals surface area contributed by atoms with Gasteiger partial charge < -0.3 is 5.11 Å². The molecule has 96 valence electrons. The molecule has 2 nitrogen and oxygen atoms in total. The molecule has 0 aromatic rings. The Morgan fingerprint density at radius 1 is 1.47 bits per heavy atom. The third-order valence-electron chi connectivity index (χ3n) is 5.10. The molecule has 1 fully saturated rings. The highest BCUT2D eigenvalue weighted by atomic mass is 16.3. The van der Waals surface area contributed by atoms with Crippen LogP contribution in [-0.2, 0) is 4.79 Å². The Morgan fingerprint density at radius 3 is 2.71 bits per heavy atom. The summed E-state index contributed by atoms with van der Waals surface area (Å²) in [5.41, 5.74) is -0.458. The van der Waals surface area contributed by atoms with Gasteiger partial charge in [-0.05, 0) is 56.4 Å². The van der Waals surface area contributed by atoms with Gasteiger partial charge in [0.15, 0.2) is 5.78 Å². The largest absolute Gasteiger partial charge is 0.390 e. The Balaban J connectivity index is 2.24. The second-order valence-corrected chi connectivity index (χ2v) is 6.76. The van der Waals surface area contributed by atoms with Gasteiger partial charge in [0.2, 0.25) is 0 Å². The molecule has 4 atom stereocenters. The summed E-state index contributed by atoms with van der Waals surface area (Å²) in [5.74, 6) is 1.08. The van der Waals surface area contributed by atoms with Gasteiger partial charge in [0.25, 0.3) is 0 Å². The van der Waals surface area contributed by atoms with Gasteiger partial charge in [-0.2, -0.15) is 0 Å². The minimum atomic E-state index is -0.620. The minimum Gasteiger partial charge on any atom is -0.390 e. The molecule has 1 saturated carbocycles. The number of fused-ring (bicyclic) bond motifs is 1. The molecule has 1 N–H and O–H groups in total. The second kappa shape index (κ2) is 3.94. The Hall–Kier alpha value is -0.630. The molecule has 0 radical (unpaired) electrons. The van der Waals surface area contributed by atoms with Crippen LogP contribution in [0.25, 0.3) is 0 Å². The van der Waals surface area contributed by atoms with Crippen molar-refractivity contribution < 1.29 is 9.90 Å². The first-order chi connectivity index (χ1) is 7.74. The van der Waals surface area contributed by atoms with Crippen LogP contribution in [0.3, 0.4) is 0 Å². The predicted octanol–water partition coefficient (Wildman–Crippen LogP) is 2.95. The first-order valence-electron chi connectivity index (χ1n) is 6.69. The van der Waals surface area contributed by atoms with Crippen molar-refractivity contribution in [1.82, 2.24) is 0 Å². The van der Waals surface area contributed by atoms with Crippen molar-refractivity contribution in [1.29, 1.82) is 0 Å². The summed E-state index contributed by atoms with van der Waals surface area (Å²) in [6.07, 6.45) is 6.99. The van der Waals surface area contributed by atoms with Gasteiger partial charge in [-0.3, -0.25) is 4.79 Å². The zero-order valence-corrected chi connectivity index (χ0v) is 11.4. The molecule has 0 aromatic heterocycles. The first kappa shape index (κ1) is 12.8. The van der Waals surface area contributed by atoms with Crippen molar-refractivity contribution >= 4 is 5.78 Å². The van der Waals surface area contributed by atoms with E-state index < -0.39 is 5.60 Å². The van der Waals surface area contributed by atoms with Crippen molar-refractivity contribution in [3.63, 3.8) is 0 Å². The molecule has 17 heavy (non-hydrogen) atoms. The fourth-order valence-corrected chi connectivity index (χ4v) is 3.61. The summed E-state index contributed by atoms with van der Waals surface area (Å²) >= 11 is 0. The summed E-state index contributed by atoms with van der Waals surface area (Å²) in [4.78, 5) is 11.8. The van der Waals surface area contributed by atoms with Crippen LogP contribution in [0.5, 0.6) is 0 Å². The molecule has 2 aliphatic rings. The van der Waals surface area contributed by atoms with Crippen molar-refractivity contribution in [3.8, 4) is 0 Å². The van der Waals surface area contributed by atoms with Crippen molar-refractivity contribution in [2.75, 3.05) is 0 Å². The summed E-state index contributed by atoms with van der Waals surface area (Å²) < 4.78 is 0. The Morgan fingerprint density at radius 2 is 2.12 bits per heavy atom. The molecule has 0 amide bonds. The molecule has 0 heterocycles. The number of hydrogen-bond donors (Lipinski definition) is 1. The van der Waals surface area contributed by atoms with E-state index in [-0.39, 0.29) is 17.1 Å². The van der Waals surface area contributed by atoms with Gasteiger partial charge in [0, 0.05) is 5.92 Å². The Bertz CT molecular complexity index is 350.